The van der Waals surface area contributed by atoms with E-state index >= 15 is 0 Å². The van der Waals surface area contributed by atoms with E-state index < -0.39 is 0 Å². The minimum Gasteiger partial charge on any atom is -0.393 e. The van der Waals surface area contributed by atoms with E-state index in [1.807, 2.05) is 24.3 Å². The summed E-state index contributed by atoms with van der Waals surface area (Å²) in [6.45, 7) is 5.78. The first kappa shape index (κ1) is 15.8. The molecule has 0 saturated carbocycles. The molecule has 0 radical (unpaired) electrons. The van der Waals surface area contributed by atoms with Gasteiger partial charge in [0, 0.05) is 25.3 Å². The largest absolute Gasteiger partial charge is 0.393 e. The van der Waals surface area contributed by atoms with E-state index in [1.165, 1.54) is 5.56 Å². The highest BCUT2D eigenvalue weighted by atomic mass is 16.3. The SMILES string of the molecule is Cc1ccc(NC(N)=NCCCN2CCC(O)CC2)cc1. The van der Waals surface area contributed by atoms with E-state index in [2.05, 4.69) is 22.1 Å². The van der Waals surface area contributed by atoms with Crippen molar-refractivity contribution in [1.82, 2.24) is 4.90 Å². The van der Waals surface area contributed by atoms with Crippen LogP contribution in [0.2, 0.25) is 0 Å². The van der Waals surface area contributed by atoms with E-state index in [1.54, 1.807) is 0 Å². The Morgan fingerprint density at radius 2 is 2.00 bits per heavy atom. The number of likely N-dealkylation sites (tertiary alicyclic amines) is 1. The fourth-order valence-corrected chi connectivity index (χ4v) is 2.46. The van der Waals surface area contributed by atoms with Gasteiger partial charge in [0.15, 0.2) is 5.96 Å². The van der Waals surface area contributed by atoms with E-state index in [9.17, 15) is 5.11 Å². The molecule has 5 nitrogen and oxygen atoms in total. The molecule has 0 amide bonds. The van der Waals surface area contributed by atoms with Crippen molar-refractivity contribution >= 4 is 11.6 Å². The minimum atomic E-state index is -0.103. The van der Waals surface area contributed by atoms with Crippen LogP contribution < -0.4 is 11.1 Å². The Morgan fingerprint density at radius 1 is 1.33 bits per heavy atom. The predicted octanol–water partition coefficient (Wildman–Crippen LogP) is 1.57. The summed E-state index contributed by atoms with van der Waals surface area (Å²) in [7, 11) is 0. The van der Waals surface area contributed by atoms with Crippen LogP contribution in [0.5, 0.6) is 0 Å². The number of benzene rings is 1. The molecule has 2 rings (SSSR count). The van der Waals surface area contributed by atoms with Gasteiger partial charge in [0.2, 0.25) is 0 Å². The number of nitrogens with zero attached hydrogens (tertiary/aromatic N) is 2. The van der Waals surface area contributed by atoms with Crippen LogP contribution in [0.25, 0.3) is 0 Å². The number of hydrogen-bond acceptors (Lipinski definition) is 3. The quantitative estimate of drug-likeness (QED) is 0.437. The summed E-state index contributed by atoms with van der Waals surface area (Å²) in [4.78, 5) is 6.73. The highest BCUT2D eigenvalue weighted by Crippen LogP contribution is 2.10. The van der Waals surface area contributed by atoms with Crippen LogP contribution in [0.4, 0.5) is 5.69 Å². The standard InChI is InChI=1S/C16H26N4O/c1-13-3-5-14(6-4-13)19-16(17)18-9-2-10-20-11-7-15(21)8-12-20/h3-6,15,21H,2,7-12H2,1H3,(H3,17,18,19). The summed E-state index contributed by atoms with van der Waals surface area (Å²) in [6, 6.07) is 8.08. The second kappa shape index (κ2) is 8.00. The highest BCUT2D eigenvalue weighted by molar-refractivity contribution is 5.92. The van der Waals surface area contributed by atoms with Gasteiger partial charge in [-0.3, -0.25) is 4.99 Å². The molecular formula is C16H26N4O. The van der Waals surface area contributed by atoms with Gasteiger partial charge in [-0.1, -0.05) is 17.7 Å². The predicted molar refractivity (Wildman–Crippen MR) is 87.6 cm³/mol. The number of guanidine groups is 1. The fraction of sp³-hybridized carbons (Fsp3) is 0.562. The number of aliphatic hydroxyl groups is 1. The number of anilines is 1. The van der Waals surface area contributed by atoms with E-state index in [0.717, 1.165) is 51.1 Å². The lowest BCUT2D eigenvalue weighted by Gasteiger charge is -2.29. The average Bonchev–Trinajstić information content (AvgIpc) is 2.48. The second-order valence-electron chi connectivity index (χ2n) is 5.68. The third kappa shape index (κ3) is 5.73. The van der Waals surface area contributed by atoms with Crippen LogP contribution in [0, 0.1) is 6.92 Å². The van der Waals surface area contributed by atoms with Crippen LogP contribution in [0.1, 0.15) is 24.8 Å². The van der Waals surface area contributed by atoms with Crippen molar-refractivity contribution in [2.24, 2.45) is 10.7 Å². The maximum Gasteiger partial charge on any atom is 0.193 e. The van der Waals surface area contributed by atoms with Gasteiger partial charge in [0.25, 0.3) is 0 Å². The third-order valence-electron chi connectivity index (χ3n) is 3.80. The number of rotatable bonds is 5. The van der Waals surface area contributed by atoms with E-state index in [-0.39, 0.29) is 6.10 Å². The number of piperidine rings is 1. The molecule has 0 bridgehead atoms. The van der Waals surface area contributed by atoms with Crippen LogP contribution in [0.15, 0.2) is 29.3 Å². The molecule has 1 saturated heterocycles. The van der Waals surface area contributed by atoms with Crippen LogP contribution in [0.3, 0.4) is 0 Å². The number of aliphatic hydroxyl groups excluding tert-OH is 1. The molecular weight excluding hydrogens is 264 g/mol. The highest BCUT2D eigenvalue weighted by Gasteiger charge is 2.15. The van der Waals surface area contributed by atoms with Crippen molar-refractivity contribution in [2.75, 3.05) is 31.5 Å². The third-order valence-corrected chi connectivity index (χ3v) is 3.80. The van der Waals surface area contributed by atoms with E-state index in [0.29, 0.717) is 5.96 Å². The first-order valence-corrected chi connectivity index (χ1v) is 7.67. The molecule has 1 aliphatic heterocycles. The zero-order valence-electron chi connectivity index (χ0n) is 12.8. The fourth-order valence-electron chi connectivity index (χ4n) is 2.46. The van der Waals surface area contributed by atoms with Gasteiger partial charge in [-0.2, -0.15) is 0 Å². The molecule has 5 heteroatoms. The second-order valence-corrected chi connectivity index (χ2v) is 5.68. The zero-order valence-corrected chi connectivity index (χ0v) is 12.8. The van der Waals surface area contributed by atoms with Crippen LogP contribution in [-0.2, 0) is 0 Å². The lowest BCUT2D eigenvalue weighted by Crippen LogP contribution is -2.36. The van der Waals surface area contributed by atoms with Crippen LogP contribution >= 0.6 is 0 Å². The Balaban J connectivity index is 1.65. The topological polar surface area (TPSA) is 73.9 Å². The Labute approximate surface area is 126 Å². The summed E-state index contributed by atoms with van der Waals surface area (Å²) in [5.74, 6) is 0.466. The number of aliphatic imine (C=N–C) groups is 1. The van der Waals surface area contributed by atoms with Gasteiger partial charge >= 0.3 is 0 Å². The summed E-state index contributed by atoms with van der Waals surface area (Å²) in [6.07, 6.45) is 2.67. The van der Waals surface area contributed by atoms with Gasteiger partial charge in [0.1, 0.15) is 0 Å². The lowest BCUT2D eigenvalue weighted by molar-refractivity contribution is 0.0824. The Bertz CT molecular complexity index is 450. The van der Waals surface area contributed by atoms with Crippen LogP contribution in [-0.4, -0.2) is 48.2 Å². The van der Waals surface area contributed by atoms with Crippen molar-refractivity contribution in [3.63, 3.8) is 0 Å². The Kier molecular flexibility index (Phi) is 6.02. The molecule has 1 aliphatic rings. The smallest absolute Gasteiger partial charge is 0.193 e. The molecule has 0 atom stereocenters. The van der Waals surface area contributed by atoms with Crippen molar-refractivity contribution in [3.8, 4) is 0 Å². The monoisotopic (exact) mass is 290 g/mol. The summed E-state index contributed by atoms with van der Waals surface area (Å²) < 4.78 is 0. The maximum atomic E-state index is 9.46. The number of nitrogens with one attached hydrogen (secondary N) is 1. The molecule has 0 aromatic heterocycles. The normalized spacial score (nSPS) is 17.9. The number of nitrogens with two attached hydrogens (primary N) is 1. The molecule has 116 valence electrons. The Hall–Kier alpha value is -1.59. The average molecular weight is 290 g/mol. The molecule has 1 fully saturated rings. The summed E-state index contributed by atoms with van der Waals surface area (Å²) >= 11 is 0. The van der Waals surface area contributed by atoms with Gasteiger partial charge in [-0.15, -0.1) is 0 Å². The zero-order chi connectivity index (χ0) is 15.1. The maximum absolute atomic E-state index is 9.46. The molecule has 1 heterocycles. The number of aryl methyl sites for hydroxylation is 1. The van der Waals surface area contributed by atoms with Gasteiger partial charge in [-0.05, 0) is 44.9 Å². The van der Waals surface area contributed by atoms with Gasteiger partial charge in [0.05, 0.1) is 6.10 Å². The first-order chi connectivity index (χ1) is 10.1. The molecule has 0 aliphatic carbocycles. The van der Waals surface area contributed by atoms with Crippen molar-refractivity contribution in [2.45, 2.75) is 32.3 Å². The summed E-state index contributed by atoms with van der Waals surface area (Å²) in [5.41, 5.74) is 8.06. The van der Waals surface area contributed by atoms with Gasteiger partial charge in [-0.25, -0.2) is 0 Å². The summed E-state index contributed by atoms with van der Waals surface area (Å²) in [5, 5.41) is 12.5. The molecule has 0 unspecified atom stereocenters. The molecule has 0 spiro atoms. The molecule has 4 N–H and O–H groups in total. The van der Waals surface area contributed by atoms with Gasteiger partial charge < -0.3 is 21.1 Å². The molecule has 1 aromatic rings. The number of hydrogen-bond donors (Lipinski definition) is 3. The minimum absolute atomic E-state index is 0.103. The lowest BCUT2D eigenvalue weighted by atomic mass is 10.1. The van der Waals surface area contributed by atoms with Crippen molar-refractivity contribution in [1.29, 1.82) is 0 Å². The molecule has 1 aromatic carbocycles. The van der Waals surface area contributed by atoms with Crippen molar-refractivity contribution in [3.05, 3.63) is 29.8 Å². The Morgan fingerprint density at radius 3 is 2.67 bits per heavy atom. The van der Waals surface area contributed by atoms with Crippen molar-refractivity contribution < 1.29 is 5.11 Å². The molecule has 21 heavy (non-hydrogen) atoms. The first-order valence-electron chi connectivity index (χ1n) is 7.67. The van der Waals surface area contributed by atoms with E-state index in [4.69, 9.17) is 5.73 Å².